The first kappa shape index (κ1) is 10.9. The van der Waals surface area contributed by atoms with Gasteiger partial charge in [-0.1, -0.05) is 11.6 Å². The van der Waals surface area contributed by atoms with Crippen LogP contribution in [0.2, 0.25) is 10.3 Å². The summed E-state index contributed by atoms with van der Waals surface area (Å²) in [6.45, 7) is 1.68. The highest BCUT2D eigenvalue weighted by atomic mass is 35.5. The minimum atomic E-state index is 0.218. The van der Waals surface area contributed by atoms with E-state index >= 15 is 0 Å². The van der Waals surface area contributed by atoms with Crippen molar-refractivity contribution < 1.29 is 4.74 Å². The Hall–Kier alpha value is -0.580. The summed E-state index contributed by atoms with van der Waals surface area (Å²) in [5.41, 5.74) is 0. The fourth-order valence-electron chi connectivity index (χ4n) is 1.67. The highest BCUT2D eigenvalue weighted by Crippen LogP contribution is 2.27. The maximum atomic E-state index is 6.00. The molecule has 1 unspecified atom stereocenters. The Kier molecular flexibility index (Phi) is 3.29. The summed E-state index contributed by atoms with van der Waals surface area (Å²) in [7, 11) is 1.71. The molecule has 0 N–H and O–H groups in total. The van der Waals surface area contributed by atoms with E-state index in [1.165, 1.54) is 6.20 Å². The second kappa shape index (κ2) is 4.51. The van der Waals surface area contributed by atoms with Crippen LogP contribution < -0.4 is 4.90 Å². The van der Waals surface area contributed by atoms with Crippen LogP contribution in [0.5, 0.6) is 0 Å². The number of hydrogen-bond donors (Lipinski definition) is 0. The molecule has 6 heteroatoms. The van der Waals surface area contributed by atoms with E-state index in [4.69, 9.17) is 27.9 Å². The minimum Gasteiger partial charge on any atom is -0.380 e. The molecular formula is C9H11Cl2N3O. The molecule has 2 rings (SSSR count). The standard InChI is InChI=1S/C9H11Cl2N3O/c1-15-6-2-3-14(5-6)8-7(10)4-12-9(11)13-8/h4,6H,2-3,5H2,1H3. The Balaban J connectivity index is 2.19. The lowest BCUT2D eigenvalue weighted by atomic mass is 10.3. The number of methoxy groups -OCH3 is 1. The number of aromatic nitrogens is 2. The predicted octanol–water partition coefficient (Wildman–Crippen LogP) is 2.01. The molecule has 1 fully saturated rings. The van der Waals surface area contributed by atoms with Crippen molar-refractivity contribution in [2.45, 2.75) is 12.5 Å². The second-order valence-corrected chi connectivity index (χ2v) is 4.15. The van der Waals surface area contributed by atoms with Gasteiger partial charge in [0.1, 0.15) is 5.02 Å². The first-order valence-electron chi connectivity index (χ1n) is 4.66. The first-order valence-corrected chi connectivity index (χ1v) is 5.42. The number of halogens is 2. The highest BCUT2D eigenvalue weighted by Gasteiger charge is 2.24. The van der Waals surface area contributed by atoms with E-state index in [0.717, 1.165) is 19.5 Å². The quantitative estimate of drug-likeness (QED) is 0.750. The topological polar surface area (TPSA) is 38.2 Å². The molecule has 1 aromatic rings. The molecule has 1 aromatic heterocycles. The van der Waals surface area contributed by atoms with Crippen LogP contribution in [-0.4, -0.2) is 36.3 Å². The number of hydrogen-bond acceptors (Lipinski definition) is 4. The summed E-state index contributed by atoms with van der Waals surface area (Å²) in [5.74, 6) is 0.691. The summed E-state index contributed by atoms with van der Waals surface area (Å²) >= 11 is 11.7. The lowest BCUT2D eigenvalue weighted by Gasteiger charge is -2.17. The number of rotatable bonds is 2. The average Bonchev–Trinajstić information content (AvgIpc) is 2.70. The Morgan fingerprint density at radius 2 is 2.33 bits per heavy atom. The van der Waals surface area contributed by atoms with Crippen LogP contribution in [0.3, 0.4) is 0 Å². The van der Waals surface area contributed by atoms with Crippen molar-refractivity contribution >= 4 is 29.0 Å². The van der Waals surface area contributed by atoms with Crippen molar-refractivity contribution in [1.29, 1.82) is 0 Å². The van der Waals surface area contributed by atoms with E-state index in [-0.39, 0.29) is 11.4 Å². The molecule has 1 atom stereocenters. The fraction of sp³-hybridized carbons (Fsp3) is 0.556. The summed E-state index contributed by atoms with van der Waals surface area (Å²) in [5, 5.41) is 0.742. The maximum absolute atomic E-state index is 6.00. The highest BCUT2D eigenvalue weighted by molar-refractivity contribution is 6.33. The van der Waals surface area contributed by atoms with Gasteiger partial charge in [-0.25, -0.2) is 4.98 Å². The van der Waals surface area contributed by atoms with Crippen LogP contribution in [0, 0.1) is 0 Å². The van der Waals surface area contributed by atoms with Crippen molar-refractivity contribution in [2.24, 2.45) is 0 Å². The van der Waals surface area contributed by atoms with E-state index in [0.29, 0.717) is 10.8 Å². The molecule has 0 radical (unpaired) electrons. The third-order valence-corrected chi connectivity index (χ3v) is 2.92. The van der Waals surface area contributed by atoms with Crippen molar-refractivity contribution in [1.82, 2.24) is 9.97 Å². The van der Waals surface area contributed by atoms with Gasteiger partial charge in [0.05, 0.1) is 12.3 Å². The van der Waals surface area contributed by atoms with Crippen molar-refractivity contribution in [2.75, 3.05) is 25.1 Å². The molecule has 2 heterocycles. The van der Waals surface area contributed by atoms with Gasteiger partial charge in [0.25, 0.3) is 0 Å². The van der Waals surface area contributed by atoms with Gasteiger partial charge in [0.2, 0.25) is 5.28 Å². The Labute approximate surface area is 98.2 Å². The van der Waals surface area contributed by atoms with E-state index in [2.05, 4.69) is 14.9 Å². The molecule has 82 valence electrons. The maximum Gasteiger partial charge on any atom is 0.224 e. The van der Waals surface area contributed by atoms with Crippen molar-refractivity contribution in [3.63, 3.8) is 0 Å². The van der Waals surface area contributed by atoms with E-state index in [9.17, 15) is 0 Å². The van der Waals surface area contributed by atoms with E-state index in [1.54, 1.807) is 7.11 Å². The van der Waals surface area contributed by atoms with Crippen molar-refractivity contribution in [3.8, 4) is 0 Å². The summed E-state index contributed by atoms with van der Waals surface area (Å²) < 4.78 is 5.27. The molecule has 1 aliphatic heterocycles. The molecular weight excluding hydrogens is 237 g/mol. The molecule has 15 heavy (non-hydrogen) atoms. The van der Waals surface area contributed by atoms with Gasteiger partial charge in [-0.15, -0.1) is 0 Å². The zero-order chi connectivity index (χ0) is 10.8. The lowest BCUT2D eigenvalue weighted by molar-refractivity contribution is 0.121. The monoisotopic (exact) mass is 247 g/mol. The zero-order valence-electron chi connectivity index (χ0n) is 8.28. The van der Waals surface area contributed by atoms with Gasteiger partial charge in [-0.05, 0) is 18.0 Å². The molecule has 0 aromatic carbocycles. The van der Waals surface area contributed by atoms with Gasteiger partial charge in [-0.3, -0.25) is 0 Å². The van der Waals surface area contributed by atoms with Crippen LogP contribution in [-0.2, 0) is 4.74 Å². The first-order chi connectivity index (χ1) is 7.20. The smallest absolute Gasteiger partial charge is 0.224 e. The Morgan fingerprint density at radius 3 is 3.00 bits per heavy atom. The summed E-state index contributed by atoms with van der Waals surface area (Å²) in [6.07, 6.45) is 2.75. The number of ether oxygens (including phenoxy) is 1. The summed E-state index contributed by atoms with van der Waals surface area (Å²) in [4.78, 5) is 9.99. The third-order valence-electron chi connectivity index (χ3n) is 2.47. The lowest BCUT2D eigenvalue weighted by Crippen LogP contribution is -2.23. The van der Waals surface area contributed by atoms with Crippen LogP contribution >= 0.6 is 23.2 Å². The van der Waals surface area contributed by atoms with Crippen molar-refractivity contribution in [3.05, 3.63) is 16.5 Å². The fourth-order valence-corrected chi connectivity index (χ4v) is 2.01. The van der Waals surface area contributed by atoms with Gasteiger partial charge >= 0.3 is 0 Å². The van der Waals surface area contributed by atoms with Gasteiger partial charge in [0.15, 0.2) is 5.82 Å². The van der Waals surface area contributed by atoms with Crippen LogP contribution in [0.1, 0.15) is 6.42 Å². The third kappa shape index (κ3) is 2.33. The molecule has 0 bridgehead atoms. The van der Waals surface area contributed by atoms with E-state index < -0.39 is 0 Å². The van der Waals surface area contributed by atoms with Gasteiger partial charge in [0, 0.05) is 20.2 Å². The van der Waals surface area contributed by atoms with Gasteiger partial charge < -0.3 is 9.64 Å². The molecule has 0 amide bonds. The predicted molar refractivity (Wildman–Crippen MR) is 59.7 cm³/mol. The number of anilines is 1. The second-order valence-electron chi connectivity index (χ2n) is 3.40. The molecule has 0 aliphatic carbocycles. The van der Waals surface area contributed by atoms with Crippen LogP contribution in [0.15, 0.2) is 6.20 Å². The average molecular weight is 248 g/mol. The molecule has 0 spiro atoms. The molecule has 0 saturated carbocycles. The zero-order valence-corrected chi connectivity index (χ0v) is 9.79. The Morgan fingerprint density at radius 1 is 1.53 bits per heavy atom. The SMILES string of the molecule is COC1CCN(c2nc(Cl)ncc2Cl)C1. The normalized spacial score (nSPS) is 21.0. The largest absolute Gasteiger partial charge is 0.380 e. The minimum absolute atomic E-state index is 0.218. The molecule has 1 saturated heterocycles. The van der Waals surface area contributed by atoms with Crippen LogP contribution in [0.25, 0.3) is 0 Å². The van der Waals surface area contributed by atoms with Crippen LogP contribution in [0.4, 0.5) is 5.82 Å². The van der Waals surface area contributed by atoms with Gasteiger partial charge in [-0.2, -0.15) is 4.98 Å². The summed E-state index contributed by atoms with van der Waals surface area (Å²) in [6, 6.07) is 0. The molecule has 1 aliphatic rings. The molecule has 4 nitrogen and oxygen atoms in total. The Bertz CT molecular complexity index is 361. The number of nitrogens with zero attached hydrogens (tertiary/aromatic N) is 3. The van der Waals surface area contributed by atoms with E-state index in [1.807, 2.05) is 0 Å².